The number of hydrogen-bond donors (Lipinski definition) is 2. The molecular formula is C14H23N3O2. The molecule has 0 aromatic carbocycles. The number of nitrogens with one attached hydrogen (secondary N) is 2. The second-order valence-corrected chi connectivity index (χ2v) is 4.80. The molecule has 0 aliphatic carbocycles. The molecule has 0 spiro atoms. The van der Waals surface area contributed by atoms with Crippen LogP contribution < -0.4 is 15.4 Å². The van der Waals surface area contributed by atoms with Gasteiger partial charge >= 0.3 is 0 Å². The summed E-state index contributed by atoms with van der Waals surface area (Å²) >= 11 is 0. The molecule has 0 fully saturated rings. The van der Waals surface area contributed by atoms with Crippen LogP contribution in [-0.2, 0) is 4.79 Å². The molecule has 106 valence electrons. The predicted octanol–water partition coefficient (Wildman–Crippen LogP) is 2.05. The van der Waals surface area contributed by atoms with Crippen LogP contribution in [0.4, 0.5) is 5.82 Å². The lowest BCUT2D eigenvalue weighted by atomic mass is 10.2. The molecule has 1 aromatic rings. The average molecular weight is 265 g/mol. The van der Waals surface area contributed by atoms with Crippen molar-refractivity contribution in [3.8, 4) is 5.88 Å². The first-order valence-corrected chi connectivity index (χ1v) is 6.67. The van der Waals surface area contributed by atoms with E-state index < -0.39 is 0 Å². The van der Waals surface area contributed by atoms with Crippen LogP contribution >= 0.6 is 0 Å². The third-order valence-corrected chi connectivity index (χ3v) is 2.46. The van der Waals surface area contributed by atoms with Crippen LogP contribution in [0.2, 0.25) is 0 Å². The lowest BCUT2D eigenvalue weighted by Crippen LogP contribution is -2.39. The van der Waals surface area contributed by atoms with Gasteiger partial charge in [-0.3, -0.25) is 4.79 Å². The lowest BCUT2D eigenvalue weighted by molar-refractivity contribution is -0.121. The van der Waals surface area contributed by atoms with Crippen LogP contribution in [0.25, 0.3) is 0 Å². The van der Waals surface area contributed by atoms with Gasteiger partial charge in [0.05, 0.1) is 6.61 Å². The molecule has 0 bridgehead atoms. The zero-order valence-electron chi connectivity index (χ0n) is 12.1. The van der Waals surface area contributed by atoms with E-state index in [2.05, 4.69) is 29.5 Å². The second-order valence-electron chi connectivity index (χ2n) is 4.80. The Hall–Kier alpha value is -1.78. The van der Waals surface area contributed by atoms with E-state index in [0.717, 1.165) is 0 Å². The summed E-state index contributed by atoms with van der Waals surface area (Å²) in [6.07, 6.45) is 0. The predicted molar refractivity (Wildman–Crippen MR) is 76.3 cm³/mol. The Morgan fingerprint density at radius 3 is 2.74 bits per heavy atom. The Bertz CT molecular complexity index is 407. The molecule has 1 amide bonds. The lowest BCUT2D eigenvalue weighted by Gasteiger charge is -2.16. The molecule has 0 radical (unpaired) electrons. The van der Waals surface area contributed by atoms with Crippen LogP contribution in [0.5, 0.6) is 5.88 Å². The molecule has 1 unspecified atom stereocenters. The number of carbonyl (C=O) groups excluding carboxylic acids is 1. The first kappa shape index (κ1) is 15.3. The highest BCUT2D eigenvalue weighted by molar-refractivity contribution is 5.83. The zero-order valence-corrected chi connectivity index (χ0v) is 12.1. The van der Waals surface area contributed by atoms with Crippen molar-refractivity contribution in [2.24, 2.45) is 5.92 Å². The Morgan fingerprint density at radius 2 is 2.11 bits per heavy atom. The summed E-state index contributed by atoms with van der Waals surface area (Å²) in [5.74, 6) is 1.60. The quantitative estimate of drug-likeness (QED) is 0.792. The summed E-state index contributed by atoms with van der Waals surface area (Å²) in [4.78, 5) is 16.1. The molecule has 1 heterocycles. The number of anilines is 1. The monoisotopic (exact) mass is 265 g/mol. The van der Waals surface area contributed by atoms with E-state index in [1.807, 2.05) is 26.0 Å². The Balaban J connectivity index is 2.53. The van der Waals surface area contributed by atoms with E-state index in [9.17, 15) is 4.79 Å². The number of amides is 1. The van der Waals surface area contributed by atoms with Crippen molar-refractivity contribution in [1.82, 2.24) is 10.3 Å². The summed E-state index contributed by atoms with van der Waals surface area (Å²) in [5.41, 5.74) is 0. The highest BCUT2D eigenvalue weighted by atomic mass is 16.5. The zero-order chi connectivity index (χ0) is 14.3. The van der Waals surface area contributed by atoms with Crippen LogP contribution in [0, 0.1) is 5.92 Å². The van der Waals surface area contributed by atoms with Crippen LogP contribution in [0.3, 0.4) is 0 Å². The van der Waals surface area contributed by atoms with E-state index >= 15 is 0 Å². The molecule has 5 nitrogen and oxygen atoms in total. The van der Waals surface area contributed by atoms with Crippen LogP contribution in [0.1, 0.15) is 27.7 Å². The Kier molecular flexibility index (Phi) is 6.12. The van der Waals surface area contributed by atoms with Gasteiger partial charge in [0.1, 0.15) is 11.9 Å². The molecule has 1 rings (SSSR count). The molecule has 0 saturated carbocycles. The molecule has 0 saturated heterocycles. The average Bonchev–Trinajstić information content (AvgIpc) is 2.36. The third-order valence-electron chi connectivity index (χ3n) is 2.46. The van der Waals surface area contributed by atoms with Gasteiger partial charge in [-0.15, -0.1) is 0 Å². The molecule has 1 atom stereocenters. The number of aromatic nitrogens is 1. The number of ether oxygens (including phenoxy) is 1. The van der Waals surface area contributed by atoms with Gasteiger partial charge in [0, 0.05) is 12.6 Å². The minimum atomic E-state index is -0.330. The van der Waals surface area contributed by atoms with Crippen LogP contribution in [0.15, 0.2) is 18.2 Å². The fraction of sp³-hybridized carbons (Fsp3) is 0.571. The van der Waals surface area contributed by atoms with Crippen molar-refractivity contribution in [3.05, 3.63) is 18.2 Å². The highest BCUT2D eigenvalue weighted by Crippen LogP contribution is 2.12. The summed E-state index contributed by atoms with van der Waals surface area (Å²) < 4.78 is 5.32. The first-order chi connectivity index (χ1) is 9.02. The number of pyridine rings is 1. The van der Waals surface area contributed by atoms with Gasteiger partial charge in [0.2, 0.25) is 11.8 Å². The van der Waals surface area contributed by atoms with Crippen molar-refractivity contribution in [3.63, 3.8) is 0 Å². The van der Waals surface area contributed by atoms with Gasteiger partial charge < -0.3 is 15.4 Å². The second kappa shape index (κ2) is 7.61. The molecule has 2 N–H and O–H groups in total. The van der Waals surface area contributed by atoms with Gasteiger partial charge in [-0.2, -0.15) is 4.98 Å². The van der Waals surface area contributed by atoms with Crippen molar-refractivity contribution >= 4 is 11.7 Å². The first-order valence-electron chi connectivity index (χ1n) is 6.67. The Morgan fingerprint density at radius 1 is 1.37 bits per heavy atom. The van der Waals surface area contributed by atoms with Crippen molar-refractivity contribution in [2.75, 3.05) is 18.5 Å². The van der Waals surface area contributed by atoms with E-state index in [1.54, 1.807) is 6.07 Å². The fourth-order valence-electron chi connectivity index (χ4n) is 1.47. The smallest absolute Gasteiger partial charge is 0.242 e. The Labute approximate surface area is 114 Å². The van der Waals surface area contributed by atoms with Crippen molar-refractivity contribution in [2.45, 2.75) is 33.7 Å². The maximum absolute atomic E-state index is 11.8. The summed E-state index contributed by atoms with van der Waals surface area (Å²) in [5, 5.41) is 5.94. The van der Waals surface area contributed by atoms with Gasteiger partial charge in [0.15, 0.2) is 0 Å². The normalized spacial score (nSPS) is 12.1. The third kappa shape index (κ3) is 5.59. The summed E-state index contributed by atoms with van der Waals surface area (Å²) in [6.45, 7) is 9.09. The van der Waals surface area contributed by atoms with E-state index in [1.165, 1.54) is 0 Å². The van der Waals surface area contributed by atoms with Gasteiger partial charge in [-0.05, 0) is 25.8 Å². The number of rotatable bonds is 7. The van der Waals surface area contributed by atoms with Gasteiger partial charge in [-0.1, -0.05) is 19.9 Å². The molecule has 0 aliphatic rings. The van der Waals surface area contributed by atoms with Crippen molar-refractivity contribution in [1.29, 1.82) is 0 Å². The highest BCUT2D eigenvalue weighted by Gasteiger charge is 2.13. The van der Waals surface area contributed by atoms with Crippen molar-refractivity contribution < 1.29 is 9.53 Å². The maximum Gasteiger partial charge on any atom is 0.242 e. The number of nitrogens with zero attached hydrogens (tertiary/aromatic N) is 1. The van der Waals surface area contributed by atoms with Gasteiger partial charge in [-0.25, -0.2) is 0 Å². The van der Waals surface area contributed by atoms with E-state index in [0.29, 0.717) is 30.8 Å². The summed E-state index contributed by atoms with van der Waals surface area (Å²) in [7, 11) is 0. The molecule has 0 aliphatic heterocycles. The fourth-order valence-corrected chi connectivity index (χ4v) is 1.47. The molecular weight excluding hydrogens is 242 g/mol. The molecule has 19 heavy (non-hydrogen) atoms. The van der Waals surface area contributed by atoms with E-state index in [4.69, 9.17) is 4.74 Å². The summed E-state index contributed by atoms with van der Waals surface area (Å²) in [6, 6.07) is 5.12. The minimum absolute atomic E-state index is 0.0303. The van der Waals surface area contributed by atoms with Gasteiger partial charge in [0.25, 0.3) is 0 Å². The maximum atomic E-state index is 11.8. The number of carbonyl (C=O) groups is 1. The standard InChI is InChI=1S/C14H23N3O2/c1-5-19-13-8-6-7-12(17-13)16-11(4)14(18)15-9-10(2)3/h6-8,10-11H,5,9H2,1-4H3,(H,15,18)(H,16,17). The molecule has 5 heteroatoms. The van der Waals surface area contributed by atoms with Crippen LogP contribution in [-0.4, -0.2) is 30.1 Å². The topological polar surface area (TPSA) is 63.2 Å². The largest absolute Gasteiger partial charge is 0.478 e. The van der Waals surface area contributed by atoms with E-state index in [-0.39, 0.29) is 11.9 Å². The SMILES string of the molecule is CCOc1cccc(NC(C)C(=O)NCC(C)C)n1. The minimum Gasteiger partial charge on any atom is -0.478 e. The molecule has 1 aromatic heterocycles. The number of hydrogen-bond acceptors (Lipinski definition) is 4.